The number of nitrogens with one attached hydrogen (secondary N) is 2. The Kier molecular flexibility index (Phi) is 5.18. The molecule has 0 aliphatic heterocycles. The number of amides is 1. The number of nitrogens with zero attached hydrogens (tertiary/aromatic N) is 2. The molecule has 1 amide bonds. The number of H-pyrrole nitrogens is 1. The van der Waals surface area contributed by atoms with Gasteiger partial charge in [0.05, 0.1) is 0 Å². The average Bonchev–Trinajstić information content (AvgIpc) is 3.02. The molecule has 134 valence electrons. The Morgan fingerprint density at radius 1 is 1.15 bits per heavy atom. The maximum Gasteiger partial charge on any atom is 0.270 e. The Hall–Kier alpha value is -2.93. The van der Waals surface area contributed by atoms with Crippen LogP contribution in [0.25, 0.3) is 5.69 Å². The highest BCUT2D eigenvalue weighted by Gasteiger charge is 2.14. The minimum Gasteiger partial charge on any atom is -0.378 e. The molecule has 0 saturated carbocycles. The van der Waals surface area contributed by atoms with Crippen LogP contribution in [-0.2, 0) is 6.54 Å². The molecule has 1 heterocycles. The van der Waals surface area contributed by atoms with Crippen molar-refractivity contribution < 1.29 is 9.18 Å². The molecular weight excluding hydrogens is 351 g/mol. The van der Waals surface area contributed by atoms with E-state index in [1.54, 1.807) is 22.9 Å². The second-order valence-electron chi connectivity index (χ2n) is 6.03. The zero-order valence-corrected chi connectivity index (χ0v) is 15.3. The lowest BCUT2D eigenvalue weighted by molar-refractivity contribution is 0.0944. The molecule has 0 saturated heterocycles. The summed E-state index contributed by atoms with van der Waals surface area (Å²) in [6.45, 7) is 0.397. The number of halogens is 1. The molecule has 2 aromatic carbocycles. The predicted octanol–water partition coefficient (Wildman–Crippen LogP) is 3.67. The van der Waals surface area contributed by atoms with E-state index in [1.807, 2.05) is 43.3 Å². The number of benzene rings is 2. The molecule has 0 radical (unpaired) electrons. The van der Waals surface area contributed by atoms with Gasteiger partial charge in [0.1, 0.15) is 11.5 Å². The normalized spacial score (nSPS) is 10.6. The van der Waals surface area contributed by atoms with Crippen LogP contribution in [0.3, 0.4) is 0 Å². The molecule has 3 aromatic rings. The van der Waals surface area contributed by atoms with E-state index in [2.05, 4.69) is 10.3 Å². The second-order valence-corrected chi connectivity index (χ2v) is 6.42. The van der Waals surface area contributed by atoms with Gasteiger partial charge in [-0.2, -0.15) is 0 Å². The molecule has 0 aliphatic carbocycles. The van der Waals surface area contributed by atoms with Crippen molar-refractivity contribution in [2.75, 3.05) is 19.0 Å². The molecule has 0 aliphatic rings. The van der Waals surface area contributed by atoms with Crippen LogP contribution < -0.4 is 10.2 Å². The number of hydrogen-bond acceptors (Lipinski definition) is 3. The van der Waals surface area contributed by atoms with Gasteiger partial charge < -0.3 is 15.2 Å². The monoisotopic (exact) mass is 370 g/mol. The number of rotatable bonds is 5. The van der Waals surface area contributed by atoms with Gasteiger partial charge in [0, 0.05) is 38.2 Å². The summed E-state index contributed by atoms with van der Waals surface area (Å²) in [7, 11) is 3.95. The van der Waals surface area contributed by atoms with Gasteiger partial charge in [-0.15, -0.1) is 0 Å². The number of hydrogen-bond donors (Lipinski definition) is 2. The Labute approximate surface area is 156 Å². The van der Waals surface area contributed by atoms with Gasteiger partial charge in [0.2, 0.25) is 0 Å². The fourth-order valence-electron chi connectivity index (χ4n) is 2.57. The van der Waals surface area contributed by atoms with Crippen LogP contribution in [-0.4, -0.2) is 29.6 Å². The summed E-state index contributed by atoms with van der Waals surface area (Å²) in [6.07, 6.45) is 1.55. The van der Waals surface area contributed by atoms with E-state index in [-0.39, 0.29) is 11.7 Å². The Bertz CT molecular complexity index is 958. The van der Waals surface area contributed by atoms with E-state index in [9.17, 15) is 9.18 Å². The van der Waals surface area contributed by atoms with Gasteiger partial charge in [-0.1, -0.05) is 12.1 Å². The van der Waals surface area contributed by atoms with Crippen molar-refractivity contribution in [3.05, 3.63) is 76.6 Å². The first-order valence-corrected chi connectivity index (χ1v) is 8.47. The summed E-state index contributed by atoms with van der Waals surface area (Å²) in [6, 6.07) is 13.8. The molecule has 0 bridgehead atoms. The van der Waals surface area contributed by atoms with Gasteiger partial charge in [0.15, 0.2) is 4.77 Å². The highest BCUT2D eigenvalue weighted by molar-refractivity contribution is 7.71. The summed E-state index contributed by atoms with van der Waals surface area (Å²) in [5, 5.41) is 2.89. The lowest BCUT2D eigenvalue weighted by Crippen LogP contribution is -2.25. The van der Waals surface area contributed by atoms with Crippen molar-refractivity contribution in [2.45, 2.75) is 6.54 Å². The van der Waals surface area contributed by atoms with Crippen molar-refractivity contribution in [1.82, 2.24) is 14.9 Å². The van der Waals surface area contributed by atoms with E-state index >= 15 is 0 Å². The molecule has 1 aromatic heterocycles. The maximum absolute atomic E-state index is 13.1. The molecule has 7 heteroatoms. The number of anilines is 1. The van der Waals surface area contributed by atoms with E-state index in [0.29, 0.717) is 22.7 Å². The van der Waals surface area contributed by atoms with Crippen LogP contribution in [0.4, 0.5) is 10.1 Å². The third-order valence-corrected chi connectivity index (χ3v) is 4.30. The molecule has 26 heavy (non-hydrogen) atoms. The minimum absolute atomic E-state index is 0.265. The fourth-order valence-corrected chi connectivity index (χ4v) is 2.83. The highest BCUT2D eigenvalue weighted by atomic mass is 32.1. The summed E-state index contributed by atoms with van der Waals surface area (Å²) in [5.74, 6) is -0.610. The molecule has 5 nitrogen and oxygen atoms in total. The minimum atomic E-state index is -0.344. The number of aromatic nitrogens is 2. The second kappa shape index (κ2) is 7.53. The summed E-state index contributed by atoms with van der Waals surface area (Å²) in [5.41, 5.74) is 3.08. The third-order valence-electron chi connectivity index (χ3n) is 4.00. The van der Waals surface area contributed by atoms with Gasteiger partial charge in [-0.3, -0.25) is 9.36 Å². The Morgan fingerprint density at radius 2 is 1.81 bits per heavy atom. The van der Waals surface area contributed by atoms with Crippen molar-refractivity contribution >= 4 is 23.8 Å². The molecule has 0 fully saturated rings. The first-order chi connectivity index (χ1) is 12.5. The number of carbonyl (C=O) groups is 1. The predicted molar refractivity (Wildman–Crippen MR) is 103 cm³/mol. The standard InChI is InChI=1S/C19H19FN4OS/c1-23(2)15-7-3-13(4-8-15)11-21-18(25)17-12-22-19(26)24(17)16-9-5-14(20)6-10-16/h3-10,12H,11H2,1-2H3,(H,21,25)(H,22,26). The third kappa shape index (κ3) is 3.83. The smallest absolute Gasteiger partial charge is 0.270 e. The molecular formula is C19H19FN4OS. The van der Waals surface area contributed by atoms with Crippen molar-refractivity contribution in [1.29, 1.82) is 0 Å². The van der Waals surface area contributed by atoms with Crippen LogP contribution in [0.1, 0.15) is 16.1 Å². The fraction of sp³-hybridized carbons (Fsp3) is 0.158. The lowest BCUT2D eigenvalue weighted by Gasteiger charge is -2.13. The van der Waals surface area contributed by atoms with E-state index in [4.69, 9.17) is 12.2 Å². The maximum atomic E-state index is 13.1. The Balaban J connectivity index is 1.76. The molecule has 3 rings (SSSR count). The number of carbonyl (C=O) groups excluding carboxylic acids is 1. The highest BCUT2D eigenvalue weighted by Crippen LogP contribution is 2.15. The van der Waals surface area contributed by atoms with E-state index in [1.165, 1.54) is 12.1 Å². The van der Waals surface area contributed by atoms with Gasteiger partial charge in [-0.25, -0.2) is 4.39 Å². The lowest BCUT2D eigenvalue weighted by atomic mass is 10.2. The topological polar surface area (TPSA) is 53.1 Å². The summed E-state index contributed by atoms with van der Waals surface area (Å²) < 4.78 is 15.1. The molecule has 0 atom stereocenters. The van der Waals surface area contributed by atoms with Gasteiger partial charge >= 0.3 is 0 Å². The summed E-state index contributed by atoms with van der Waals surface area (Å²) in [4.78, 5) is 17.5. The first-order valence-electron chi connectivity index (χ1n) is 8.06. The van der Waals surface area contributed by atoms with Crippen molar-refractivity contribution in [3.63, 3.8) is 0 Å². The zero-order valence-electron chi connectivity index (χ0n) is 14.5. The van der Waals surface area contributed by atoms with Gasteiger partial charge in [0.25, 0.3) is 5.91 Å². The average molecular weight is 370 g/mol. The van der Waals surface area contributed by atoms with Crippen LogP contribution in [0.15, 0.2) is 54.7 Å². The van der Waals surface area contributed by atoms with Crippen LogP contribution >= 0.6 is 12.2 Å². The quantitative estimate of drug-likeness (QED) is 0.674. The number of imidazole rings is 1. The van der Waals surface area contributed by atoms with E-state index < -0.39 is 0 Å². The SMILES string of the molecule is CN(C)c1ccc(CNC(=O)c2c[nH]c(=S)n2-c2ccc(F)cc2)cc1. The summed E-state index contributed by atoms with van der Waals surface area (Å²) >= 11 is 5.25. The van der Waals surface area contributed by atoms with Crippen LogP contribution in [0, 0.1) is 10.6 Å². The van der Waals surface area contributed by atoms with Crippen molar-refractivity contribution in [3.8, 4) is 5.69 Å². The van der Waals surface area contributed by atoms with E-state index in [0.717, 1.165) is 11.3 Å². The molecule has 2 N–H and O–H groups in total. The van der Waals surface area contributed by atoms with Crippen molar-refractivity contribution in [2.24, 2.45) is 0 Å². The van der Waals surface area contributed by atoms with Crippen LogP contribution in [0.5, 0.6) is 0 Å². The van der Waals surface area contributed by atoms with Crippen LogP contribution in [0.2, 0.25) is 0 Å². The largest absolute Gasteiger partial charge is 0.378 e. The molecule has 0 unspecified atom stereocenters. The molecule has 0 spiro atoms. The Morgan fingerprint density at radius 3 is 2.42 bits per heavy atom. The van der Waals surface area contributed by atoms with Gasteiger partial charge in [-0.05, 0) is 54.2 Å². The number of aromatic amines is 1. The first kappa shape index (κ1) is 17.9. The zero-order chi connectivity index (χ0) is 18.7.